The molecule has 1 aliphatic carbocycles. The fourth-order valence-electron chi connectivity index (χ4n) is 6.07. The number of sulfonamides is 1. The zero-order chi connectivity index (χ0) is 29.4. The monoisotopic (exact) mass is 634 g/mol. The van der Waals surface area contributed by atoms with E-state index in [0.717, 1.165) is 35.3 Å². The van der Waals surface area contributed by atoms with Crippen LogP contribution < -0.4 is 10.0 Å². The number of rotatable bonds is 10. The molecule has 41 heavy (non-hydrogen) atoms. The van der Waals surface area contributed by atoms with Gasteiger partial charge in [-0.25, -0.2) is 8.42 Å². The number of thiophene rings is 1. The molecule has 5 rings (SSSR count). The maximum Gasteiger partial charge on any atom is 0.306 e. The highest BCUT2D eigenvalue weighted by molar-refractivity contribution is 7.91. The number of carbonyl (C=O) groups excluding carboxylic acids is 2. The first-order valence-electron chi connectivity index (χ1n) is 13.4. The summed E-state index contributed by atoms with van der Waals surface area (Å²) in [6.07, 6.45) is 2.24. The number of methoxy groups -OCH3 is 1. The molecule has 218 valence electrons. The molecule has 1 aliphatic heterocycles. The zero-order valence-corrected chi connectivity index (χ0v) is 25.9. The Balaban J connectivity index is 1.60. The van der Waals surface area contributed by atoms with Gasteiger partial charge < -0.3 is 10.1 Å². The fraction of sp³-hybridized carbons (Fsp3) is 0.400. The standard InChI is InChI=1S/C30H32Cl2N2O5S2/c1-29(18-26(35)39-2)16-24(19-5-3-6-23(32)15-19)25(33-28(29)36)17-30(20-8-9-20,21-10-12-22(31)13-11-21)34-41(37,38)27-7-4-14-40-27/h3-7,10-15,20,24-25,34H,8-9,16-18H2,1-2H3,(H,33,36)/t24-,25+,29+,30+/m1/s1. The van der Waals surface area contributed by atoms with Gasteiger partial charge in [-0.15, -0.1) is 11.3 Å². The highest BCUT2D eigenvalue weighted by Gasteiger charge is 2.54. The Morgan fingerprint density at radius 2 is 1.85 bits per heavy atom. The van der Waals surface area contributed by atoms with E-state index in [-0.39, 0.29) is 28.4 Å². The lowest BCUT2D eigenvalue weighted by molar-refractivity contribution is -0.150. The molecule has 7 nitrogen and oxygen atoms in total. The van der Waals surface area contributed by atoms with Crippen molar-refractivity contribution in [3.05, 3.63) is 87.2 Å². The van der Waals surface area contributed by atoms with Crippen LogP contribution in [-0.2, 0) is 29.9 Å². The molecular formula is C30H32Cl2N2O5S2. The summed E-state index contributed by atoms with van der Waals surface area (Å²) in [5, 5.41) is 6.02. The molecule has 2 N–H and O–H groups in total. The zero-order valence-electron chi connectivity index (χ0n) is 22.7. The van der Waals surface area contributed by atoms with Crippen molar-refractivity contribution < 1.29 is 22.7 Å². The number of benzene rings is 2. The van der Waals surface area contributed by atoms with E-state index in [9.17, 15) is 18.0 Å². The number of piperidine rings is 1. The third kappa shape index (κ3) is 6.34. The van der Waals surface area contributed by atoms with E-state index in [4.69, 9.17) is 27.9 Å². The molecule has 1 amide bonds. The van der Waals surface area contributed by atoms with Gasteiger partial charge in [0.15, 0.2) is 0 Å². The maximum atomic E-state index is 13.8. The van der Waals surface area contributed by atoms with Gasteiger partial charge in [-0.2, -0.15) is 4.72 Å². The minimum atomic E-state index is -3.89. The molecule has 0 radical (unpaired) electrons. The van der Waals surface area contributed by atoms with Crippen molar-refractivity contribution in [3.63, 3.8) is 0 Å². The van der Waals surface area contributed by atoms with Gasteiger partial charge in [-0.05, 0) is 78.4 Å². The van der Waals surface area contributed by atoms with Gasteiger partial charge in [0, 0.05) is 22.0 Å². The van der Waals surface area contributed by atoms with Crippen molar-refractivity contribution in [1.82, 2.24) is 10.0 Å². The number of carbonyl (C=O) groups is 2. The molecular weight excluding hydrogens is 603 g/mol. The van der Waals surface area contributed by atoms with E-state index in [0.29, 0.717) is 22.9 Å². The van der Waals surface area contributed by atoms with Crippen molar-refractivity contribution in [2.75, 3.05) is 7.11 Å². The lowest BCUT2D eigenvalue weighted by atomic mass is 9.66. The van der Waals surface area contributed by atoms with Gasteiger partial charge in [-0.1, -0.05) is 60.5 Å². The van der Waals surface area contributed by atoms with Crippen molar-refractivity contribution in [1.29, 1.82) is 0 Å². The second kappa shape index (κ2) is 11.7. The number of ether oxygens (including phenoxy) is 1. The minimum absolute atomic E-state index is 0.0127. The van der Waals surface area contributed by atoms with Gasteiger partial charge in [0.05, 0.1) is 24.5 Å². The Morgan fingerprint density at radius 1 is 1.12 bits per heavy atom. The Bertz CT molecular complexity index is 1530. The van der Waals surface area contributed by atoms with Crippen molar-refractivity contribution >= 4 is 56.4 Å². The van der Waals surface area contributed by atoms with Gasteiger partial charge in [0.25, 0.3) is 10.0 Å². The normalized spacial score (nSPS) is 24.3. The molecule has 2 aliphatic rings. The first-order valence-corrected chi connectivity index (χ1v) is 16.5. The number of amides is 1. The smallest absolute Gasteiger partial charge is 0.306 e. The van der Waals surface area contributed by atoms with E-state index in [1.54, 1.807) is 42.6 Å². The predicted molar refractivity (Wildman–Crippen MR) is 161 cm³/mol. The molecule has 4 atom stereocenters. The van der Waals surface area contributed by atoms with Crippen molar-refractivity contribution in [2.24, 2.45) is 11.3 Å². The summed E-state index contributed by atoms with van der Waals surface area (Å²) in [4.78, 5) is 26.0. The van der Waals surface area contributed by atoms with Crippen LogP contribution in [0.3, 0.4) is 0 Å². The third-order valence-corrected chi connectivity index (χ3v) is 11.7. The molecule has 1 saturated carbocycles. The maximum absolute atomic E-state index is 13.8. The summed E-state index contributed by atoms with van der Waals surface area (Å²) in [5.74, 6) is -0.979. The van der Waals surface area contributed by atoms with E-state index in [1.165, 1.54) is 7.11 Å². The topological polar surface area (TPSA) is 102 Å². The van der Waals surface area contributed by atoms with Gasteiger partial charge in [-0.3, -0.25) is 9.59 Å². The van der Waals surface area contributed by atoms with Gasteiger partial charge >= 0.3 is 5.97 Å². The summed E-state index contributed by atoms with van der Waals surface area (Å²) in [6.45, 7) is 1.76. The van der Waals surface area contributed by atoms with Crippen LogP contribution in [0.4, 0.5) is 0 Å². The van der Waals surface area contributed by atoms with Crippen molar-refractivity contribution in [2.45, 2.75) is 60.7 Å². The Hall–Kier alpha value is -2.43. The first-order chi connectivity index (χ1) is 19.5. The summed E-state index contributed by atoms with van der Waals surface area (Å²) in [7, 11) is -2.59. The lowest BCUT2D eigenvalue weighted by Gasteiger charge is -2.46. The first kappa shape index (κ1) is 30.0. The number of halogens is 2. The summed E-state index contributed by atoms with van der Waals surface area (Å²) in [6, 6.07) is 17.5. The second-order valence-corrected chi connectivity index (χ2v) is 15.0. The molecule has 0 unspecified atom stereocenters. The number of hydrogen-bond donors (Lipinski definition) is 2. The largest absolute Gasteiger partial charge is 0.469 e. The van der Waals surface area contributed by atoms with Crippen LogP contribution in [0.5, 0.6) is 0 Å². The van der Waals surface area contributed by atoms with Crippen LogP contribution in [0.15, 0.2) is 70.3 Å². The van der Waals surface area contributed by atoms with Crippen LogP contribution in [0.2, 0.25) is 10.0 Å². The number of hydrogen-bond acceptors (Lipinski definition) is 6. The number of esters is 1. The molecule has 11 heteroatoms. The molecule has 3 aromatic rings. The molecule has 2 fully saturated rings. The predicted octanol–water partition coefficient (Wildman–Crippen LogP) is 6.27. The van der Waals surface area contributed by atoms with Crippen LogP contribution in [-0.4, -0.2) is 33.4 Å². The summed E-state index contributed by atoms with van der Waals surface area (Å²) < 4.78 is 35.7. The Labute approximate surface area is 254 Å². The Morgan fingerprint density at radius 3 is 2.46 bits per heavy atom. The molecule has 0 spiro atoms. The highest BCUT2D eigenvalue weighted by Crippen LogP contribution is 2.52. The third-order valence-electron chi connectivity index (χ3n) is 8.31. The molecule has 1 saturated heterocycles. The summed E-state index contributed by atoms with van der Waals surface area (Å²) in [5.41, 5.74) is -0.347. The molecule has 2 heterocycles. The Kier molecular flexibility index (Phi) is 8.56. The van der Waals surface area contributed by atoms with Crippen LogP contribution in [0.25, 0.3) is 0 Å². The van der Waals surface area contributed by atoms with E-state index >= 15 is 0 Å². The van der Waals surface area contributed by atoms with Gasteiger partial charge in [0.1, 0.15) is 4.21 Å². The number of nitrogens with one attached hydrogen (secondary N) is 2. The van der Waals surface area contributed by atoms with Crippen LogP contribution >= 0.6 is 34.5 Å². The fourth-order valence-corrected chi connectivity index (χ4v) is 8.85. The quantitative estimate of drug-likeness (QED) is 0.256. The molecule has 1 aromatic heterocycles. The second-order valence-electron chi connectivity index (χ2n) is 11.3. The average molecular weight is 636 g/mol. The van der Waals surface area contributed by atoms with E-state index in [2.05, 4.69) is 10.0 Å². The van der Waals surface area contributed by atoms with Crippen LogP contribution in [0, 0.1) is 11.3 Å². The van der Waals surface area contributed by atoms with Crippen molar-refractivity contribution in [3.8, 4) is 0 Å². The molecule has 2 aromatic carbocycles. The average Bonchev–Trinajstić information content (AvgIpc) is 3.63. The lowest BCUT2D eigenvalue weighted by Crippen LogP contribution is -2.58. The highest BCUT2D eigenvalue weighted by atomic mass is 35.5. The molecule has 0 bridgehead atoms. The van der Waals surface area contributed by atoms with Crippen LogP contribution in [0.1, 0.15) is 56.1 Å². The van der Waals surface area contributed by atoms with E-state index in [1.807, 2.05) is 30.3 Å². The summed E-state index contributed by atoms with van der Waals surface area (Å²) >= 11 is 13.8. The van der Waals surface area contributed by atoms with Gasteiger partial charge in [0.2, 0.25) is 5.91 Å². The SMILES string of the molecule is COC(=O)C[C@]1(C)C[C@H](c2cccc(Cl)c2)[C@H](C[C@@](NS(=O)(=O)c2cccs2)(c2ccc(Cl)cc2)C2CC2)NC1=O. The minimum Gasteiger partial charge on any atom is -0.469 e. The van der Waals surface area contributed by atoms with E-state index < -0.39 is 33.0 Å².